The van der Waals surface area contributed by atoms with Crippen LogP contribution in [0.3, 0.4) is 0 Å². The van der Waals surface area contributed by atoms with Gasteiger partial charge in [-0.3, -0.25) is 0 Å². The minimum absolute atomic E-state index is 0.664. The highest BCUT2D eigenvalue weighted by Crippen LogP contribution is 2.16. The van der Waals surface area contributed by atoms with Crippen molar-refractivity contribution in [3.63, 3.8) is 0 Å². The van der Waals surface area contributed by atoms with Crippen LogP contribution in [0.4, 0.5) is 5.82 Å². The van der Waals surface area contributed by atoms with Gasteiger partial charge in [-0.1, -0.05) is 6.92 Å². The Labute approximate surface area is 72.2 Å². The van der Waals surface area contributed by atoms with E-state index in [0.717, 1.165) is 17.7 Å². The topological polar surface area (TPSA) is 63.8 Å². The average Bonchev–Trinajstić information content (AvgIpc) is 2.06. The molecule has 0 spiro atoms. The maximum atomic E-state index is 5.27. The maximum absolute atomic E-state index is 5.27. The number of anilines is 1. The number of hydrazine groups is 1. The second kappa shape index (κ2) is 3.49. The van der Waals surface area contributed by atoms with Gasteiger partial charge in [-0.25, -0.2) is 5.84 Å². The molecule has 0 fully saturated rings. The number of hydrogen-bond donors (Lipinski definition) is 2. The highest BCUT2D eigenvalue weighted by atomic mass is 15.3. The van der Waals surface area contributed by atoms with Gasteiger partial charge in [0.1, 0.15) is 0 Å². The van der Waals surface area contributed by atoms with E-state index in [1.54, 1.807) is 0 Å². The summed E-state index contributed by atoms with van der Waals surface area (Å²) < 4.78 is 0. The molecule has 4 heteroatoms. The lowest BCUT2D eigenvalue weighted by molar-refractivity contribution is 0.912. The van der Waals surface area contributed by atoms with E-state index in [4.69, 9.17) is 5.84 Å². The molecule has 0 aromatic carbocycles. The smallest absolute Gasteiger partial charge is 0.165 e. The van der Waals surface area contributed by atoms with Crippen molar-refractivity contribution in [3.05, 3.63) is 16.8 Å². The van der Waals surface area contributed by atoms with Crippen LogP contribution in [-0.2, 0) is 6.42 Å². The molecule has 3 N–H and O–H groups in total. The van der Waals surface area contributed by atoms with Crippen LogP contribution in [0, 0.1) is 13.8 Å². The molecular weight excluding hydrogens is 152 g/mol. The number of nitrogens with two attached hydrogens (primary N) is 1. The lowest BCUT2D eigenvalue weighted by Gasteiger charge is -2.09. The molecule has 0 radical (unpaired) electrons. The molecule has 0 saturated carbocycles. The fourth-order valence-electron chi connectivity index (χ4n) is 1.33. The standard InChI is InChI=1S/C8H14N4/c1-4-7-5(2)8(10-9)12-11-6(7)3/h4,9H2,1-3H3,(H,10,12). The van der Waals surface area contributed by atoms with E-state index in [1.165, 1.54) is 5.56 Å². The molecule has 1 aromatic heterocycles. The third-order valence-electron chi connectivity index (χ3n) is 2.03. The Kier molecular flexibility index (Phi) is 2.60. The predicted octanol–water partition coefficient (Wildman–Crippen LogP) is 0.941. The number of nitrogens with zero attached hydrogens (tertiary/aromatic N) is 2. The Morgan fingerprint density at radius 2 is 2.00 bits per heavy atom. The normalized spacial score (nSPS) is 10.0. The van der Waals surface area contributed by atoms with Gasteiger partial charge >= 0.3 is 0 Å². The minimum atomic E-state index is 0.664. The fraction of sp³-hybridized carbons (Fsp3) is 0.500. The summed E-state index contributed by atoms with van der Waals surface area (Å²) in [6.45, 7) is 6.05. The van der Waals surface area contributed by atoms with Crippen LogP contribution in [0.5, 0.6) is 0 Å². The van der Waals surface area contributed by atoms with Crippen LogP contribution in [-0.4, -0.2) is 10.2 Å². The number of nitrogens with one attached hydrogen (secondary N) is 1. The summed E-state index contributed by atoms with van der Waals surface area (Å²) in [6.07, 6.45) is 0.960. The van der Waals surface area contributed by atoms with Gasteiger partial charge in [0.2, 0.25) is 0 Å². The Bertz CT molecular complexity index is 283. The first kappa shape index (κ1) is 8.93. The first-order valence-electron chi connectivity index (χ1n) is 4.00. The van der Waals surface area contributed by atoms with Crippen LogP contribution in [0.25, 0.3) is 0 Å². The predicted molar refractivity (Wildman–Crippen MR) is 48.7 cm³/mol. The quantitative estimate of drug-likeness (QED) is 0.507. The Morgan fingerprint density at radius 1 is 1.33 bits per heavy atom. The summed E-state index contributed by atoms with van der Waals surface area (Å²) in [6, 6.07) is 0. The van der Waals surface area contributed by atoms with Crippen molar-refractivity contribution in [2.24, 2.45) is 5.84 Å². The SMILES string of the molecule is CCc1c(C)nnc(NN)c1C. The zero-order valence-corrected chi connectivity index (χ0v) is 7.68. The van der Waals surface area contributed by atoms with Gasteiger partial charge in [-0.15, -0.1) is 5.10 Å². The molecule has 0 bridgehead atoms. The van der Waals surface area contributed by atoms with Crippen molar-refractivity contribution >= 4 is 5.82 Å². The van der Waals surface area contributed by atoms with Gasteiger partial charge < -0.3 is 5.43 Å². The lowest BCUT2D eigenvalue weighted by atomic mass is 10.1. The molecule has 66 valence electrons. The van der Waals surface area contributed by atoms with Gasteiger partial charge in [-0.05, 0) is 31.4 Å². The Balaban J connectivity index is 3.24. The number of aromatic nitrogens is 2. The lowest BCUT2D eigenvalue weighted by Crippen LogP contribution is -2.13. The van der Waals surface area contributed by atoms with E-state index < -0.39 is 0 Å². The van der Waals surface area contributed by atoms with Gasteiger partial charge in [0, 0.05) is 0 Å². The van der Waals surface area contributed by atoms with Crippen molar-refractivity contribution in [3.8, 4) is 0 Å². The van der Waals surface area contributed by atoms with Crippen molar-refractivity contribution in [1.29, 1.82) is 0 Å². The molecule has 0 saturated heterocycles. The van der Waals surface area contributed by atoms with E-state index in [1.807, 2.05) is 13.8 Å². The van der Waals surface area contributed by atoms with Crippen LogP contribution in [0.2, 0.25) is 0 Å². The van der Waals surface area contributed by atoms with Gasteiger partial charge in [-0.2, -0.15) is 5.10 Å². The molecule has 1 aromatic rings. The second-order valence-corrected chi connectivity index (χ2v) is 2.74. The molecule has 1 rings (SSSR count). The Hall–Kier alpha value is -1.16. The van der Waals surface area contributed by atoms with E-state index in [9.17, 15) is 0 Å². The maximum Gasteiger partial charge on any atom is 0.165 e. The summed E-state index contributed by atoms with van der Waals surface area (Å²) in [7, 11) is 0. The van der Waals surface area contributed by atoms with E-state index >= 15 is 0 Å². The van der Waals surface area contributed by atoms with Gasteiger partial charge in [0.15, 0.2) is 5.82 Å². The third kappa shape index (κ3) is 1.38. The molecule has 0 unspecified atom stereocenters. The van der Waals surface area contributed by atoms with Crippen molar-refractivity contribution in [2.75, 3.05) is 5.43 Å². The molecule has 12 heavy (non-hydrogen) atoms. The first-order chi connectivity index (χ1) is 5.70. The van der Waals surface area contributed by atoms with E-state index in [-0.39, 0.29) is 0 Å². The van der Waals surface area contributed by atoms with Crippen molar-refractivity contribution in [1.82, 2.24) is 10.2 Å². The fourth-order valence-corrected chi connectivity index (χ4v) is 1.33. The third-order valence-corrected chi connectivity index (χ3v) is 2.03. The highest BCUT2D eigenvalue weighted by Gasteiger charge is 2.06. The summed E-state index contributed by atoms with van der Waals surface area (Å²) in [5.41, 5.74) is 5.81. The first-order valence-corrected chi connectivity index (χ1v) is 4.00. The zero-order chi connectivity index (χ0) is 9.14. The van der Waals surface area contributed by atoms with Crippen LogP contribution >= 0.6 is 0 Å². The van der Waals surface area contributed by atoms with Gasteiger partial charge in [0.05, 0.1) is 5.69 Å². The summed E-state index contributed by atoms with van der Waals surface area (Å²) in [5.74, 6) is 5.94. The molecule has 0 amide bonds. The second-order valence-electron chi connectivity index (χ2n) is 2.74. The number of rotatable bonds is 2. The van der Waals surface area contributed by atoms with Crippen LogP contribution in [0.1, 0.15) is 23.7 Å². The summed E-state index contributed by atoms with van der Waals surface area (Å²) in [4.78, 5) is 0. The van der Waals surface area contributed by atoms with Crippen molar-refractivity contribution < 1.29 is 0 Å². The molecular formula is C8H14N4. The monoisotopic (exact) mass is 166 g/mol. The zero-order valence-electron chi connectivity index (χ0n) is 7.68. The average molecular weight is 166 g/mol. The molecule has 0 atom stereocenters. The number of aryl methyl sites for hydroxylation is 1. The number of nitrogen functional groups attached to an aromatic ring is 1. The molecule has 0 aliphatic carbocycles. The number of hydrogen-bond acceptors (Lipinski definition) is 4. The Morgan fingerprint density at radius 3 is 2.50 bits per heavy atom. The minimum Gasteiger partial charge on any atom is -0.307 e. The largest absolute Gasteiger partial charge is 0.307 e. The molecule has 0 aliphatic heterocycles. The van der Waals surface area contributed by atoms with Crippen LogP contribution in [0.15, 0.2) is 0 Å². The van der Waals surface area contributed by atoms with E-state index in [2.05, 4.69) is 22.5 Å². The molecule has 1 heterocycles. The molecule has 4 nitrogen and oxygen atoms in total. The van der Waals surface area contributed by atoms with Crippen LogP contribution < -0.4 is 11.3 Å². The summed E-state index contributed by atoms with van der Waals surface area (Å²) in [5, 5.41) is 7.91. The summed E-state index contributed by atoms with van der Waals surface area (Å²) >= 11 is 0. The van der Waals surface area contributed by atoms with Crippen molar-refractivity contribution in [2.45, 2.75) is 27.2 Å². The highest BCUT2D eigenvalue weighted by molar-refractivity contribution is 5.46. The molecule has 0 aliphatic rings. The van der Waals surface area contributed by atoms with Gasteiger partial charge in [0.25, 0.3) is 0 Å². The van der Waals surface area contributed by atoms with E-state index in [0.29, 0.717) is 5.82 Å².